The van der Waals surface area contributed by atoms with Gasteiger partial charge >= 0.3 is 0 Å². The van der Waals surface area contributed by atoms with E-state index < -0.39 is 0 Å². The molecule has 4 heteroatoms. The molecule has 18 heavy (non-hydrogen) atoms. The molecule has 5 atom stereocenters. The Morgan fingerprint density at radius 1 is 1.22 bits per heavy atom. The van der Waals surface area contributed by atoms with Gasteiger partial charge in [-0.3, -0.25) is 4.79 Å². The number of hydrogen-bond acceptors (Lipinski definition) is 3. The van der Waals surface area contributed by atoms with Gasteiger partial charge in [-0.05, 0) is 44.4 Å². The molecule has 2 aliphatic heterocycles. The number of rotatable bonds is 2. The number of carbonyl (C=O) groups is 1. The minimum Gasteiger partial charge on any atom is -0.483 e. The minimum absolute atomic E-state index is 0.250. The highest BCUT2D eigenvalue weighted by Crippen LogP contribution is 2.43. The van der Waals surface area contributed by atoms with Crippen LogP contribution in [0.15, 0.2) is 11.6 Å². The standard InChI is InChI=1S/C13H18O2.CH2O2/c1-3-10-12(14-10)6-8(1)5-9-2-4-11-13(7-9)15-11;2-1-3/h6,9-13H,1-5,7H2;1H,(H,2,3). The van der Waals surface area contributed by atoms with Crippen LogP contribution in [0.4, 0.5) is 0 Å². The molecule has 3 fully saturated rings. The average Bonchev–Trinajstić information content (AvgIpc) is 3.23. The summed E-state index contributed by atoms with van der Waals surface area (Å²) in [6.07, 6.45) is 12.7. The highest BCUT2D eigenvalue weighted by atomic mass is 16.6. The van der Waals surface area contributed by atoms with Crippen LogP contribution in [0.5, 0.6) is 0 Å². The highest BCUT2D eigenvalue weighted by molar-refractivity contribution is 5.32. The number of ether oxygens (including phenoxy) is 2. The van der Waals surface area contributed by atoms with E-state index in [4.69, 9.17) is 19.4 Å². The summed E-state index contributed by atoms with van der Waals surface area (Å²) in [7, 11) is 0. The van der Waals surface area contributed by atoms with Crippen molar-refractivity contribution in [1.82, 2.24) is 0 Å². The van der Waals surface area contributed by atoms with Crippen LogP contribution in [0, 0.1) is 5.92 Å². The first kappa shape index (κ1) is 12.2. The van der Waals surface area contributed by atoms with E-state index in [0.717, 1.165) is 5.92 Å². The fraction of sp³-hybridized carbons (Fsp3) is 0.786. The van der Waals surface area contributed by atoms with E-state index in [0.29, 0.717) is 24.4 Å². The van der Waals surface area contributed by atoms with Crippen LogP contribution in [-0.2, 0) is 14.3 Å². The molecule has 0 aromatic carbocycles. The van der Waals surface area contributed by atoms with Crippen molar-refractivity contribution in [2.45, 2.75) is 62.9 Å². The molecule has 100 valence electrons. The molecule has 4 aliphatic rings. The van der Waals surface area contributed by atoms with Gasteiger partial charge in [0.05, 0.1) is 18.3 Å². The third-order valence-corrected chi connectivity index (χ3v) is 4.44. The molecule has 2 aliphatic carbocycles. The van der Waals surface area contributed by atoms with Crippen molar-refractivity contribution in [3.05, 3.63) is 11.6 Å². The van der Waals surface area contributed by atoms with E-state index >= 15 is 0 Å². The van der Waals surface area contributed by atoms with Crippen LogP contribution in [0.2, 0.25) is 0 Å². The first-order valence-corrected chi connectivity index (χ1v) is 6.88. The van der Waals surface area contributed by atoms with E-state index in [1.54, 1.807) is 5.57 Å². The topological polar surface area (TPSA) is 62.4 Å². The highest BCUT2D eigenvalue weighted by Gasteiger charge is 2.44. The molecule has 4 rings (SSSR count). The molecule has 2 heterocycles. The number of fused-ring (bicyclic) bond motifs is 2. The van der Waals surface area contributed by atoms with Gasteiger partial charge in [0, 0.05) is 0 Å². The molecular weight excluding hydrogens is 232 g/mol. The van der Waals surface area contributed by atoms with E-state index in [1.165, 1.54) is 38.5 Å². The zero-order valence-corrected chi connectivity index (χ0v) is 10.5. The lowest BCUT2D eigenvalue weighted by atomic mass is 9.82. The van der Waals surface area contributed by atoms with Gasteiger partial charge in [0.25, 0.3) is 6.47 Å². The van der Waals surface area contributed by atoms with Crippen molar-refractivity contribution in [3.8, 4) is 0 Å². The summed E-state index contributed by atoms with van der Waals surface area (Å²) < 4.78 is 11.1. The fourth-order valence-electron chi connectivity index (χ4n) is 3.39. The van der Waals surface area contributed by atoms with E-state index in [2.05, 4.69) is 6.08 Å². The minimum atomic E-state index is -0.250. The van der Waals surface area contributed by atoms with E-state index in [1.807, 2.05) is 0 Å². The van der Waals surface area contributed by atoms with Gasteiger partial charge in [-0.2, -0.15) is 0 Å². The van der Waals surface area contributed by atoms with E-state index in [9.17, 15) is 0 Å². The molecule has 1 saturated carbocycles. The van der Waals surface area contributed by atoms with Crippen molar-refractivity contribution < 1.29 is 19.4 Å². The second-order valence-electron chi connectivity index (χ2n) is 5.70. The monoisotopic (exact) mass is 252 g/mol. The number of epoxide rings is 2. The molecule has 2 saturated heterocycles. The normalized spacial score (nSPS) is 43.6. The lowest BCUT2D eigenvalue weighted by molar-refractivity contribution is -0.122. The number of hydrogen-bond donors (Lipinski definition) is 1. The number of carboxylic acid groups (broad SMARTS) is 1. The molecule has 0 amide bonds. The smallest absolute Gasteiger partial charge is 0.290 e. The molecule has 0 aromatic rings. The average molecular weight is 252 g/mol. The van der Waals surface area contributed by atoms with Gasteiger partial charge in [0.1, 0.15) is 6.10 Å². The Labute approximate surface area is 107 Å². The van der Waals surface area contributed by atoms with Crippen molar-refractivity contribution in [2.24, 2.45) is 5.92 Å². The predicted octanol–water partition coefficient (Wildman–Crippen LogP) is 2.13. The maximum absolute atomic E-state index is 8.36. The molecule has 5 unspecified atom stereocenters. The zero-order chi connectivity index (χ0) is 12.5. The Balaban J connectivity index is 0.000000307. The van der Waals surface area contributed by atoms with Crippen LogP contribution >= 0.6 is 0 Å². The summed E-state index contributed by atoms with van der Waals surface area (Å²) in [4.78, 5) is 8.36. The van der Waals surface area contributed by atoms with Crippen LogP contribution < -0.4 is 0 Å². The maximum atomic E-state index is 8.36. The third-order valence-electron chi connectivity index (χ3n) is 4.44. The predicted molar refractivity (Wildman–Crippen MR) is 65.3 cm³/mol. The Kier molecular flexibility index (Phi) is 3.39. The molecule has 4 nitrogen and oxygen atoms in total. The molecule has 1 N–H and O–H groups in total. The number of allylic oxidation sites excluding steroid dienone is 1. The van der Waals surface area contributed by atoms with Crippen molar-refractivity contribution in [2.75, 3.05) is 0 Å². The fourth-order valence-corrected chi connectivity index (χ4v) is 3.39. The van der Waals surface area contributed by atoms with Crippen LogP contribution in [0.3, 0.4) is 0 Å². The lowest BCUT2D eigenvalue weighted by Crippen LogP contribution is -2.15. The first-order chi connectivity index (χ1) is 8.80. The summed E-state index contributed by atoms with van der Waals surface area (Å²) in [6.45, 7) is -0.250. The Morgan fingerprint density at radius 2 is 2.06 bits per heavy atom. The zero-order valence-electron chi connectivity index (χ0n) is 10.5. The van der Waals surface area contributed by atoms with Crippen LogP contribution in [0.25, 0.3) is 0 Å². The largest absolute Gasteiger partial charge is 0.483 e. The summed E-state index contributed by atoms with van der Waals surface area (Å²) in [5.41, 5.74) is 1.66. The van der Waals surface area contributed by atoms with Crippen molar-refractivity contribution >= 4 is 6.47 Å². The third kappa shape index (κ3) is 2.75. The Bertz CT molecular complexity index is 352. The Hall–Kier alpha value is -0.870. The molecule has 0 bridgehead atoms. The van der Waals surface area contributed by atoms with Crippen molar-refractivity contribution in [3.63, 3.8) is 0 Å². The van der Waals surface area contributed by atoms with Gasteiger partial charge in [0.2, 0.25) is 0 Å². The molecule has 0 radical (unpaired) electrons. The van der Waals surface area contributed by atoms with Gasteiger partial charge in [-0.1, -0.05) is 11.6 Å². The van der Waals surface area contributed by atoms with Crippen LogP contribution in [0.1, 0.15) is 38.5 Å². The van der Waals surface area contributed by atoms with Gasteiger partial charge in [-0.15, -0.1) is 0 Å². The summed E-state index contributed by atoms with van der Waals surface area (Å²) >= 11 is 0. The molecule has 0 aromatic heterocycles. The van der Waals surface area contributed by atoms with Gasteiger partial charge in [-0.25, -0.2) is 0 Å². The van der Waals surface area contributed by atoms with Crippen molar-refractivity contribution in [1.29, 1.82) is 0 Å². The maximum Gasteiger partial charge on any atom is 0.290 e. The summed E-state index contributed by atoms with van der Waals surface area (Å²) in [5.74, 6) is 0.898. The lowest BCUT2D eigenvalue weighted by Gasteiger charge is -2.21. The molecule has 0 spiro atoms. The molecular formula is C14H20O4. The second-order valence-corrected chi connectivity index (χ2v) is 5.70. The SMILES string of the molecule is C1=C(CC2CCC3OC3C2)CCC2OC12.O=CO. The first-order valence-electron chi connectivity index (χ1n) is 6.88. The van der Waals surface area contributed by atoms with Gasteiger partial charge < -0.3 is 14.6 Å². The van der Waals surface area contributed by atoms with E-state index in [-0.39, 0.29) is 6.47 Å². The summed E-state index contributed by atoms with van der Waals surface area (Å²) in [5, 5.41) is 6.89. The quantitative estimate of drug-likeness (QED) is 0.464. The summed E-state index contributed by atoms with van der Waals surface area (Å²) in [6, 6.07) is 0. The van der Waals surface area contributed by atoms with Crippen LogP contribution in [-0.4, -0.2) is 36.0 Å². The van der Waals surface area contributed by atoms with Gasteiger partial charge in [0.15, 0.2) is 0 Å². The Morgan fingerprint density at radius 3 is 2.78 bits per heavy atom. The second kappa shape index (κ2) is 5.02.